The van der Waals surface area contributed by atoms with E-state index in [1.807, 2.05) is 0 Å². The molecule has 0 bridgehead atoms. The highest BCUT2D eigenvalue weighted by molar-refractivity contribution is 5.71. The van der Waals surface area contributed by atoms with Crippen molar-refractivity contribution in [1.82, 2.24) is 0 Å². The average Bonchev–Trinajstić information content (AvgIpc) is 3.47. The molecule has 0 rings (SSSR count). The Bertz CT molecular complexity index is 1410. The summed E-state index contributed by atoms with van der Waals surface area (Å²) in [5.41, 5.74) is 0. The number of rotatable bonds is 68. The van der Waals surface area contributed by atoms with Crippen LogP contribution >= 0.6 is 0 Å². The van der Waals surface area contributed by atoms with Crippen LogP contribution in [0.1, 0.15) is 400 Å². The molecule has 0 fully saturated rings. The standard InChI is InChI=1S/C76H140O6/c1-4-7-10-13-16-18-20-22-24-26-28-30-32-34-35-36-37-38-39-40-41-43-44-46-48-50-52-54-56-58-60-63-66-69-75(78)81-72-73(71-80-74(77)68-65-62-15-12-9-6-3)82-76(79)70-67-64-61-59-57-55-53-51-49-47-45-42-33-31-29-27-25-23-21-19-17-14-11-8-5-2/h20-23,26-29,73H,4-19,24-25,30-72H2,1-3H3/b22-20-,23-21-,28-26-,29-27-. The molecular weight excluding hydrogens is 1010 g/mol. The zero-order valence-electron chi connectivity index (χ0n) is 55.3. The minimum atomic E-state index is -0.769. The Kier molecular flexibility index (Phi) is 68.6. The van der Waals surface area contributed by atoms with Crippen LogP contribution in [-0.4, -0.2) is 37.2 Å². The predicted octanol–water partition coefficient (Wildman–Crippen LogP) is 25.3. The maximum Gasteiger partial charge on any atom is 0.306 e. The molecule has 0 radical (unpaired) electrons. The highest BCUT2D eigenvalue weighted by atomic mass is 16.6. The second kappa shape index (κ2) is 70.9. The average molecular weight is 1150 g/mol. The van der Waals surface area contributed by atoms with Crippen molar-refractivity contribution < 1.29 is 28.6 Å². The second-order valence-electron chi connectivity index (χ2n) is 24.9. The topological polar surface area (TPSA) is 78.9 Å². The summed E-state index contributed by atoms with van der Waals surface area (Å²) in [6, 6.07) is 0. The summed E-state index contributed by atoms with van der Waals surface area (Å²) in [6.45, 7) is 6.62. The van der Waals surface area contributed by atoms with Gasteiger partial charge in [0.15, 0.2) is 6.10 Å². The Morgan fingerprint density at radius 2 is 0.439 bits per heavy atom. The minimum Gasteiger partial charge on any atom is -0.462 e. The van der Waals surface area contributed by atoms with Gasteiger partial charge in [0.05, 0.1) is 0 Å². The molecule has 0 aromatic rings. The van der Waals surface area contributed by atoms with Crippen LogP contribution in [0.4, 0.5) is 0 Å². The van der Waals surface area contributed by atoms with Crippen molar-refractivity contribution in [1.29, 1.82) is 0 Å². The van der Waals surface area contributed by atoms with Crippen molar-refractivity contribution in [3.8, 4) is 0 Å². The van der Waals surface area contributed by atoms with E-state index in [0.717, 1.165) is 70.6 Å². The monoisotopic (exact) mass is 1150 g/mol. The van der Waals surface area contributed by atoms with Crippen molar-refractivity contribution in [3.63, 3.8) is 0 Å². The number of hydrogen-bond acceptors (Lipinski definition) is 6. The van der Waals surface area contributed by atoms with Crippen molar-refractivity contribution in [3.05, 3.63) is 48.6 Å². The van der Waals surface area contributed by atoms with Crippen LogP contribution in [0.3, 0.4) is 0 Å². The van der Waals surface area contributed by atoms with E-state index in [1.54, 1.807) is 0 Å². The van der Waals surface area contributed by atoms with E-state index in [-0.39, 0.29) is 31.1 Å². The summed E-state index contributed by atoms with van der Waals surface area (Å²) in [4.78, 5) is 38.1. The van der Waals surface area contributed by atoms with Gasteiger partial charge < -0.3 is 14.2 Å². The van der Waals surface area contributed by atoms with Gasteiger partial charge in [0.25, 0.3) is 0 Å². The van der Waals surface area contributed by atoms with Crippen molar-refractivity contribution in [2.75, 3.05) is 13.2 Å². The van der Waals surface area contributed by atoms with Gasteiger partial charge in [0.2, 0.25) is 0 Å². The number of esters is 3. The van der Waals surface area contributed by atoms with Crippen molar-refractivity contribution >= 4 is 17.9 Å². The number of unbranched alkanes of at least 4 members (excludes halogenated alkanes) is 49. The van der Waals surface area contributed by atoms with Gasteiger partial charge in [-0.2, -0.15) is 0 Å². The number of ether oxygens (including phenoxy) is 3. The van der Waals surface area contributed by atoms with E-state index >= 15 is 0 Å². The fourth-order valence-electron chi connectivity index (χ4n) is 11.0. The summed E-state index contributed by atoms with van der Waals surface area (Å²) in [6.07, 6.45) is 90.6. The third-order valence-corrected chi connectivity index (χ3v) is 16.6. The molecule has 0 saturated carbocycles. The molecule has 0 aromatic carbocycles. The maximum atomic E-state index is 12.9. The lowest BCUT2D eigenvalue weighted by Crippen LogP contribution is -2.30. The smallest absolute Gasteiger partial charge is 0.306 e. The van der Waals surface area contributed by atoms with Crippen LogP contribution in [0.15, 0.2) is 48.6 Å². The van der Waals surface area contributed by atoms with E-state index < -0.39 is 6.10 Å². The number of allylic oxidation sites excluding steroid dienone is 8. The van der Waals surface area contributed by atoms with Crippen LogP contribution in [-0.2, 0) is 28.6 Å². The molecule has 1 atom stereocenters. The largest absolute Gasteiger partial charge is 0.462 e. The Balaban J connectivity index is 3.94. The first-order valence-electron chi connectivity index (χ1n) is 36.6. The van der Waals surface area contributed by atoms with Gasteiger partial charge in [0.1, 0.15) is 13.2 Å². The molecule has 1 unspecified atom stereocenters. The molecule has 0 aliphatic rings. The summed E-state index contributed by atoms with van der Waals surface area (Å²) in [5, 5.41) is 0. The van der Waals surface area contributed by atoms with Crippen LogP contribution in [0.2, 0.25) is 0 Å². The number of carbonyl (C=O) groups excluding carboxylic acids is 3. The SMILES string of the molecule is CCCCCCC/C=C\C/C=C\CCCCCCCCCCCCCCCCCCCCCCCC(=O)OCC(COC(=O)CCCCCCCC)OC(=O)CCCCCCCCCCCCCCC/C=C\C/C=C\CCCCCCC. The van der Waals surface area contributed by atoms with Gasteiger partial charge in [-0.1, -0.05) is 345 Å². The highest BCUT2D eigenvalue weighted by Gasteiger charge is 2.19. The second-order valence-corrected chi connectivity index (χ2v) is 24.9. The third-order valence-electron chi connectivity index (χ3n) is 16.6. The fourth-order valence-corrected chi connectivity index (χ4v) is 11.0. The van der Waals surface area contributed by atoms with E-state index in [1.165, 1.54) is 289 Å². The molecule has 0 heterocycles. The minimum absolute atomic E-state index is 0.0681. The molecule has 0 aromatic heterocycles. The maximum absolute atomic E-state index is 12.9. The lowest BCUT2D eigenvalue weighted by molar-refractivity contribution is -0.167. The Morgan fingerprint density at radius 1 is 0.244 bits per heavy atom. The van der Waals surface area contributed by atoms with E-state index in [4.69, 9.17) is 14.2 Å². The van der Waals surface area contributed by atoms with E-state index in [9.17, 15) is 14.4 Å². The Labute approximate surface area is 511 Å². The molecule has 0 aliphatic carbocycles. The first kappa shape index (κ1) is 79.4. The van der Waals surface area contributed by atoms with Crippen LogP contribution < -0.4 is 0 Å². The highest BCUT2D eigenvalue weighted by Crippen LogP contribution is 2.18. The van der Waals surface area contributed by atoms with Crippen molar-refractivity contribution in [2.45, 2.75) is 406 Å². The first-order valence-corrected chi connectivity index (χ1v) is 36.6. The molecular formula is C76H140O6. The van der Waals surface area contributed by atoms with E-state index in [2.05, 4.69) is 69.4 Å². The Hall–Kier alpha value is -2.63. The Morgan fingerprint density at radius 3 is 0.671 bits per heavy atom. The molecule has 480 valence electrons. The van der Waals surface area contributed by atoms with Gasteiger partial charge >= 0.3 is 17.9 Å². The number of carbonyl (C=O) groups is 3. The van der Waals surface area contributed by atoms with Crippen LogP contribution in [0.25, 0.3) is 0 Å². The van der Waals surface area contributed by atoms with Gasteiger partial charge in [-0.05, 0) is 83.5 Å². The molecule has 0 spiro atoms. The fraction of sp³-hybridized carbons (Fsp3) is 0.855. The lowest BCUT2D eigenvalue weighted by atomic mass is 10.0. The number of hydrogen-bond donors (Lipinski definition) is 0. The third kappa shape index (κ3) is 68.2. The zero-order chi connectivity index (χ0) is 59.2. The molecule has 6 heteroatoms. The van der Waals surface area contributed by atoms with Crippen molar-refractivity contribution in [2.24, 2.45) is 0 Å². The van der Waals surface area contributed by atoms with Gasteiger partial charge in [0, 0.05) is 19.3 Å². The van der Waals surface area contributed by atoms with Crippen LogP contribution in [0.5, 0.6) is 0 Å². The molecule has 82 heavy (non-hydrogen) atoms. The molecule has 0 N–H and O–H groups in total. The summed E-state index contributed by atoms with van der Waals surface area (Å²) >= 11 is 0. The molecule has 0 saturated heterocycles. The zero-order valence-corrected chi connectivity index (χ0v) is 55.3. The predicted molar refractivity (Wildman–Crippen MR) is 358 cm³/mol. The van der Waals surface area contributed by atoms with E-state index in [0.29, 0.717) is 19.3 Å². The molecule has 6 nitrogen and oxygen atoms in total. The van der Waals surface area contributed by atoms with Crippen LogP contribution in [0, 0.1) is 0 Å². The first-order chi connectivity index (χ1) is 40.5. The van der Waals surface area contributed by atoms with Gasteiger partial charge in [-0.3, -0.25) is 14.4 Å². The van der Waals surface area contributed by atoms with Gasteiger partial charge in [-0.15, -0.1) is 0 Å². The summed E-state index contributed by atoms with van der Waals surface area (Å²) in [5.74, 6) is -0.854. The summed E-state index contributed by atoms with van der Waals surface area (Å²) in [7, 11) is 0. The normalized spacial score (nSPS) is 12.3. The molecule has 0 aliphatic heterocycles. The lowest BCUT2D eigenvalue weighted by Gasteiger charge is -2.18. The molecule has 0 amide bonds. The quantitative estimate of drug-likeness (QED) is 0.0261. The summed E-state index contributed by atoms with van der Waals surface area (Å²) < 4.78 is 16.9. The van der Waals surface area contributed by atoms with Gasteiger partial charge in [-0.25, -0.2) is 0 Å².